The quantitative estimate of drug-likeness (QED) is 0.375. The van der Waals surface area contributed by atoms with Crippen LogP contribution < -0.4 is 11.1 Å². The zero-order chi connectivity index (χ0) is 7.82. The van der Waals surface area contributed by atoms with E-state index in [2.05, 4.69) is 12.2 Å². The number of unbranched alkanes of at least 4 members (excludes halogenated alkanes) is 2. The largest absolute Gasteiger partial charge is 0.381 e. The fourth-order valence-electron chi connectivity index (χ4n) is 0.834. The van der Waals surface area contributed by atoms with E-state index in [4.69, 9.17) is 10.8 Å². The highest BCUT2D eigenvalue weighted by molar-refractivity contribution is 4.54. The van der Waals surface area contributed by atoms with Gasteiger partial charge in [0.2, 0.25) is 0 Å². The lowest BCUT2D eigenvalue weighted by Crippen LogP contribution is -2.37. The molecule has 0 fully saturated rings. The zero-order valence-corrected chi connectivity index (χ0v) is 6.64. The molecule has 1 atom stereocenters. The molecule has 0 rings (SSSR count). The van der Waals surface area contributed by atoms with Crippen molar-refractivity contribution >= 4 is 0 Å². The molecule has 0 saturated heterocycles. The van der Waals surface area contributed by atoms with Crippen LogP contribution in [0.15, 0.2) is 0 Å². The number of rotatable bonds is 6. The third-order valence-corrected chi connectivity index (χ3v) is 1.47. The van der Waals surface area contributed by atoms with Crippen LogP contribution in [0.25, 0.3) is 0 Å². The molecule has 3 heteroatoms. The van der Waals surface area contributed by atoms with Gasteiger partial charge in [0, 0.05) is 0 Å². The summed E-state index contributed by atoms with van der Waals surface area (Å²) < 4.78 is 0. The Bertz CT molecular complexity index is 68.6. The molecule has 0 spiro atoms. The van der Waals surface area contributed by atoms with Gasteiger partial charge in [0.15, 0.2) is 0 Å². The minimum absolute atomic E-state index is 0.0205. The van der Waals surface area contributed by atoms with Crippen LogP contribution >= 0.6 is 0 Å². The summed E-state index contributed by atoms with van der Waals surface area (Å²) in [4.78, 5) is 0. The van der Waals surface area contributed by atoms with Gasteiger partial charge in [0.05, 0.1) is 12.9 Å². The van der Waals surface area contributed by atoms with Crippen LogP contribution in [0.5, 0.6) is 0 Å². The van der Waals surface area contributed by atoms with Crippen molar-refractivity contribution in [1.82, 2.24) is 5.32 Å². The van der Waals surface area contributed by atoms with Crippen molar-refractivity contribution in [3.63, 3.8) is 0 Å². The van der Waals surface area contributed by atoms with Gasteiger partial charge in [0.25, 0.3) is 0 Å². The molecule has 0 aromatic carbocycles. The second-order valence-electron chi connectivity index (χ2n) is 2.46. The maximum atomic E-state index is 8.40. The summed E-state index contributed by atoms with van der Waals surface area (Å²) in [6, 6.07) is 0. The Hall–Kier alpha value is -0.120. The molecule has 0 amide bonds. The van der Waals surface area contributed by atoms with Gasteiger partial charge in [-0.3, -0.25) is 5.32 Å². The third kappa shape index (κ3) is 6.01. The molecule has 0 bridgehead atoms. The summed E-state index contributed by atoms with van der Waals surface area (Å²) in [5.41, 5.74) is 5.55. The molecule has 0 aliphatic carbocycles. The van der Waals surface area contributed by atoms with Crippen molar-refractivity contribution in [3.8, 4) is 0 Å². The Morgan fingerprint density at radius 2 is 2.20 bits per heavy atom. The van der Waals surface area contributed by atoms with Crippen molar-refractivity contribution in [2.45, 2.75) is 38.8 Å². The monoisotopic (exact) mass is 146 g/mol. The van der Waals surface area contributed by atoms with Crippen molar-refractivity contribution in [2.75, 3.05) is 6.73 Å². The minimum Gasteiger partial charge on any atom is -0.381 e. The number of aliphatic hydroxyl groups is 1. The second-order valence-corrected chi connectivity index (χ2v) is 2.46. The molecule has 10 heavy (non-hydrogen) atoms. The molecule has 1 unspecified atom stereocenters. The van der Waals surface area contributed by atoms with Crippen molar-refractivity contribution in [1.29, 1.82) is 0 Å². The van der Waals surface area contributed by atoms with Crippen LogP contribution in [-0.2, 0) is 0 Å². The first-order valence-electron chi connectivity index (χ1n) is 3.91. The van der Waals surface area contributed by atoms with Crippen molar-refractivity contribution in [3.05, 3.63) is 0 Å². The molecule has 0 aromatic rings. The maximum absolute atomic E-state index is 8.40. The predicted octanol–water partition coefficient (Wildman–Crippen LogP) is 0.391. The van der Waals surface area contributed by atoms with E-state index in [1.807, 2.05) is 0 Å². The van der Waals surface area contributed by atoms with E-state index in [1.165, 1.54) is 12.8 Å². The number of nitrogens with one attached hydrogen (secondary N) is 1. The highest BCUT2D eigenvalue weighted by Crippen LogP contribution is 1.99. The Morgan fingerprint density at radius 1 is 1.50 bits per heavy atom. The average Bonchev–Trinajstić information content (AvgIpc) is 1.89. The van der Waals surface area contributed by atoms with E-state index in [1.54, 1.807) is 0 Å². The minimum atomic E-state index is -0.0310. The van der Waals surface area contributed by atoms with Gasteiger partial charge in [-0.25, -0.2) is 0 Å². The first-order valence-corrected chi connectivity index (χ1v) is 3.91. The lowest BCUT2D eigenvalue weighted by molar-refractivity contribution is 0.237. The van der Waals surface area contributed by atoms with Crippen molar-refractivity contribution < 1.29 is 5.11 Å². The molecule has 3 nitrogen and oxygen atoms in total. The van der Waals surface area contributed by atoms with Crippen LogP contribution in [0.4, 0.5) is 0 Å². The summed E-state index contributed by atoms with van der Waals surface area (Å²) >= 11 is 0. The molecular formula is C7H18N2O. The fraction of sp³-hybridized carbons (Fsp3) is 1.00. The SMILES string of the molecule is CCCCCC(N)NCO. The van der Waals surface area contributed by atoms with Gasteiger partial charge >= 0.3 is 0 Å². The van der Waals surface area contributed by atoms with Crippen LogP contribution in [-0.4, -0.2) is 18.0 Å². The van der Waals surface area contributed by atoms with Crippen LogP contribution in [0.3, 0.4) is 0 Å². The average molecular weight is 146 g/mol. The summed E-state index contributed by atoms with van der Waals surface area (Å²) in [5, 5.41) is 11.1. The van der Waals surface area contributed by atoms with E-state index in [0.717, 1.165) is 12.8 Å². The number of nitrogens with two attached hydrogens (primary N) is 1. The normalized spacial score (nSPS) is 13.5. The highest BCUT2D eigenvalue weighted by atomic mass is 16.3. The van der Waals surface area contributed by atoms with Gasteiger partial charge in [-0.1, -0.05) is 26.2 Å². The molecule has 0 aliphatic rings. The number of hydrogen-bond acceptors (Lipinski definition) is 3. The third-order valence-electron chi connectivity index (χ3n) is 1.47. The Labute approximate surface area is 62.6 Å². The second kappa shape index (κ2) is 6.99. The molecule has 62 valence electrons. The van der Waals surface area contributed by atoms with Gasteiger partial charge in [-0.05, 0) is 6.42 Å². The van der Waals surface area contributed by atoms with E-state index >= 15 is 0 Å². The fourth-order valence-corrected chi connectivity index (χ4v) is 0.834. The van der Waals surface area contributed by atoms with Gasteiger partial charge < -0.3 is 10.8 Å². The lowest BCUT2D eigenvalue weighted by Gasteiger charge is -2.10. The molecule has 0 aromatic heterocycles. The topological polar surface area (TPSA) is 58.3 Å². The smallest absolute Gasteiger partial charge is 0.0943 e. The highest BCUT2D eigenvalue weighted by Gasteiger charge is 1.97. The zero-order valence-electron chi connectivity index (χ0n) is 6.64. The number of aliphatic hydroxyl groups excluding tert-OH is 1. The van der Waals surface area contributed by atoms with Crippen LogP contribution in [0, 0.1) is 0 Å². The lowest BCUT2D eigenvalue weighted by atomic mass is 10.2. The van der Waals surface area contributed by atoms with E-state index < -0.39 is 0 Å². The Morgan fingerprint density at radius 3 is 2.70 bits per heavy atom. The van der Waals surface area contributed by atoms with E-state index in [9.17, 15) is 0 Å². The van der Waals surface area contributed by atoms with E-state index in [0.29, 0.717) is 0 Å². The molecule has 0 radical (unpaired) electrons. The first-order chi connectivity index (χ1) is 4.81. The summed E-state index contributed by atoms with van der Waals surface area (Å²) in [5.74, 6) is 0. The van der Waals surface area contributed by atoms with Crippen LogP contribution in [0.2, 0.25) is 0 Å². The van der Waals surface area contributed by atoms with Gasteiger partial charge in [-0.2, -0.15) is 0 Å². The number of hydrogen-bond donors (Lipinski definition) is 3. The van der Waals surface area contributed by atoms with Gasteiger partial charge in [-0.15, -0.1) is 0 Å². The molecule has 0 aliphatic heterocycles. The maximum Gasteiger partial charge on any atom is 0.0943 e. The van der Waals surface area contributed by atoms with Crippen LogP contribution in [0.1, 0.15) is 32.6 Å². The molecule has 4 N–H and O–H groups in total. The van der Waals surface area contributed by atoms with E-state index in [-0.39, 0.29) is 12.9 Å². The predicted molar refractivity (Wildman–Crippen MR) is 42.3 cm³/mol. The molecular weight excluding hydrogens is 128 g/mol. The first kappa shape index (κ1) is 9.88. The van der Waals surface area contributed by atoms with Gasteiger partial charge in [0.1, 0.15) is 0 Å². The Balaban J connectivity index is 2.97. The van der Waals surface area contributed by atoms with Crippen molar-refractivity contribution in [2.24, 2.45) is 5.73 Å². The summed E-state index contributed by atoms with van der Waals surface area (Å²) in [6.45, 7) is 2.14. The molecule has 0 heterocycles. The summed E-state index contributed by atoms with van der Waals surface area (Å²) in [7, 11) is 0. The molecule has 0 saturated carbocycles. The Kier molecular flexibility index (Phi) is 6.91. The standard InChI is InChI=1S/C7H18N2O/c1-2-3-4-5-7(8)9-6-10/h7,9-10H,2-6,8H2,1H3. The summed E-state index contributed by atoms with van der Waals surface area (Å²) in [6.07, 6.45) is 4.50.